The first-order valence-electron chi connectivity index (χ1n) is 6.42. The smallest absolute Gasteiger partial charge is 0.326 e. The van der Waals surface area contributed by atoms with Crippen LogP contribution in [-0.4, -0.2) is 46.5 Å². The summed E-state index contributed by atoms with van der Waals surface area (Å²) in [5, 5.41) is 12.2. The Bertz CT molecular complexity index is 536. The van der Waals surface area contributed by atoms with Gasteiger partial charge in [0.2, 0.25) is 0 Å². The largest absolute Gasteiger partial charge is 0.480 e. The molecule has 0 spiro atoms. The summed E-state index contributed by atoms with van der Waals surface area (Å²) in [6, 6.07) is 2.26. The zero-order valence-electron chi connectivity index (χ0n) is 11.1. The van der Waals surface area contributed by atoms with Gasteiger partial charge in [-0.25, -0.2) is 9.78 Å². The van der Waals surface area contributed by atoms with Gasteiger partial charge in [-0.2, -0.15) is 0 Å². The Hall–Kier alpha value is -1.82. The Kier molecular flexibility index (Phi) is 4.44. The molecule has 1 fully saturated rings. The summed E-state index contributed by atoms with van der Waals surface area (Å²) in [6.45, 7) is 0.449. The van der Waals surface area contributed by atoms with E-state index in [0.29, 0.717) is 24.3 Å². The molecule has 1 aliphatic rings. The molecule has 1 aromatic heterocycles. The highest BCUT2D eigenvalue weighted by molar-refractivity contribution is 6.29. The number of carbonyl (C=O) groups is 2. The van der Waals surface area contributed by atoms with Gasteiger partial charge in [0.05, 0.1) is 0 Å². The van der Waals surface area contributed by atoms with E-state index in [9.17, 15) is 14.7 Å². The molecule has 7 heteroatoms. The number of likely N-dealkylation sites (tertiary alicyclic amines) is 1. The van der Waals surface area contributed by atoms with Crippen LogP contribution in [0, 0.1) is 0 Å². The number of halogens is 1. The molecule has 1 aromatic rings. The van der Waals surface area contributed by atoms with E-state index in [-0.39, 0.29) is 11.1 Å². The first-order chi connectivity index (χ1) is 9.52. The highest BCUT2D eigenvalue weighted by atomic mass is 35.5. The monoisotopic (exact) mass is 297 g/mol. The fraction of sp³-hybridized carbons (Fsp3) is 0.462. The molecule has 0 bridgehead atoms. The molecular formula is C13H16ClN3O3. The van der Waals surface area contributed by atoms with Crippen LogP contribution in [0.1, 0.15) is 29.6 Å². The summed E-state index contributed by atoms with van der Waals surface area (Å²) in [5.74, 6) is -0.810. The summed E-state index contributed by atoms with van der Waals surface area (Å²) in [5.41, 5.74) is 0.350. The SMILES string of the molecule is CNc1cc(C(=O)N2CCCCC2C(=O)O)cc(Cl)n1. The fourth-order valence-electron chi connectivity index (χ4n) is 2.35. The van der Waals surface area contributed by atoms with Crippen molar-refractivity contribution in [3.8, 4) is 0 Å². The molecule has 1 amide bonds. The normalized spacial score (nSPS) is 18.7. The Balaban J connectivity index is 2.29. The molecule has 1 atom stereocenters. The zero-order chi connectivity index (χ0) is 14.7. The van der Waals surface area contributed by atoms with Crippen LogP contribution < -0.4 is 5.32 Å². The minimum Gasteiger partial charge on any atom is -0.480 e. The highest BCUT2D eigenvalue weighted by Crippen LogP contribution is 2.22. The standard InChI is InChI=1S/C13H16ClN3O3/c1-15-11-7-8(6-10(14)16-11)12(18)17-5-3-2-4-9(17)13(19)20/h6-7,9H,2-5H2,1H3,(H,15,16)(H,19,20). The van der Waals surface area contributed by atoms with Gasteiger partial charge in [0.15, 0.2) is 0 Å². The molecule has 0 radical (unpaired) electrons. The van der Waals surface area contributed by atoms with Gasteiger partial charge >= 0.3 is 5.97 Å². The molecule has 1 aliphatic heterocycles. The molecule has 6 nitrogen and oxygen atoms in total. The van der Waals surface area contributed by atoms with Crippen LogP contribution in [0.4, 0.5) is 5.82 Å². The number of hydrogen-bond donors (Lipinski definition) is 2. The van der Waals surface area contributed by atoms with Gasteiger partial charge in [0.25, 0.3) is 5.91 Å². The maximum Gasteiger partial charge on any atom is 0.326 e. The number of carbonyl (C=O) groups excluding carboxylic acids is 1. The third-order valence-corrected chi connectivity index (χ3v) is 3.54. The average molecular weight is 298 g/mol. The average Bonchev–Trinajstić information content (AvgIpc) is 2.45. The summed E-state index contributed by atoms with van der Waals surface area (Å²) in [7, 11) is 1.67. The first kappa shape index (κ1) is 14.6. The predicted octanol–water partition coefficient (Wildman–Crippen LogP) is 1.86. The summed E-state index contributed by atoms with van der Waals surface area (Å²) in [6.07, 6.45) is 2.12. The van der Waals surface area contributed by atoms with Crippen LogP contribution in [0.5, 0.6) is 0 Å². The minimum absolute atomic E-state index is 0.198. The lowest BCUT2D eigenvalue weighted by Crippen LogP contribution is -2.48. The van der Waals surface area contributed by atoms with Crippen molar-refractivity contribution in [2.24, 2.45) is 0 Å². The number of amides is 1. The van der Waals surface area contributed by atoms with Crippen molar-refractivity contribution in [2.75, 3.05) is 18.9 Å². The number of pyridine rings is 1. The molecule has 0 aliphatic carbocycles. The number of hydrogen-bond acceptors (Lipinski definition) is 4. The van der Waals surface area contributed by atoms with Crippen LogP contribution in [0.2, 0.25) is 5.15 Å². The Morgan fingerprint density at radius 3 is 2.85 bits per heavy atom. The second-order valence-corrected chi connectivity index (χ2v) is 5.05. The number of carboxylic acids is 1. The molecular weight excluding hydrogens is 282 g/mol. The lowest BCUT2D eigenvalue weighted by molar-refractivity contribution is -0.143. The Morgan fingerprint density at radius 2 is 2.20 bits per heavy atom. The van der Waals surface area contributed by atoms with E-state index in [0.717, 1.165) is 12.8 Å². The van der Waals surface area contributed by atoms with Crippen molar-refractivity contribution >= 4 is 29.3 Å². The fourth-order valence-corrected chi connectivity index (χ4v) is 2.55. The number of rotatable bonds is 3. The van der Waals surface area contributed by atoms with E-state index in [1.807, 2.05) is 0 Å². The minimum atomic E-state index is -0.966. The number of anilines is 1. The quantitative estimate of drug-likeness (QED) is 0.832. The summed E-state index contributed by atoms with van der Waals surface area (Å²) in [4.78, 5) is 29.1. The van der Waals surface area contributed by atoms with Crippen molar-refractivity contribution in [3.05, 3.63) is 22.8 Å². The lowest BCUT2D eigenvalue weighted by atomic mass is 10.0. The molecule has 0 saturated carbocycles. The van der Waals surface area contributed by atoms with Crippen molar-refractivity contribution < 1.29 is 14.7 Å². The van der Waals surface area contributed by atoms with Gasteiger partial charge < -0.3 is 15.3 Å². The van der Waals surface area contributed by atoms with Crippen molar-refractivity contribution in [1.82, 2.24) is 9.88 Å². The molecule has 108 valence electrons. The van der Waals surface area contributed by atoms with Crippen molar-refractivity contribution in [3.63, 3.8) is 0 Å². The van der Waals surface area contributed by atoms with E-state index < -0.39 is 12.0 Å². The van der Waals surface area contributed by atoms with E-state index in [4.69, 9.17) is 11.6 Å². The molecule has 1 unspecified atom stereocenters. The van der Waals surface area contributed by atoms with E-state index >= 15 is 0 Å². The third kappa shape index (κ3) is 3.01. The molecule has 20 heavy (non-hydrogen) atoms. The predicted molar refractivity (Wildman–Crippen MR) is 75.1 cm³/mol. The van der Waals surface area contributed by atoms with Crippen LogP contribution >= 0.6 is 11.6 Å². The Morgan fingerprint density at radius 1 is 1.45 bits per heavy atom. The van der Waals surface area contributed by atoms with Crippen LogP contribution in [0.15, 0.2) is 12.1 Å². The number of nitrogens with one attached hydrogen (secondary N) is 1. The summed E-state index contributed by atoms with van der Waals surface area (Å²) < 4.78 is 0. The van der Waals surface area contributed by atoms with Crippen molar-refractivity contribution in [2.45, 2.75) is 25.3 Å². The third-order valence-electron chi connectivity index (χ3n) is 3.35. The molecule has 2 N–H and O–H groups in total. The van der Waals surface area contributed by atoms with Gasteiger partial charge in [-0.05, 0) is 31.4 Å². The second kappa shape index (κ2) is 6.09. The van der Waals surface area contributed by atoms with E-state index in [1.54, 1.807) is 13.1 Å². The lowest BCUT2D eigenvalue weighted by Gasteiger charge is -2.33. The van der Waals surface area contributed by atoms with E-state index in [2.05, 4.69) is 10.3 Å². The molecule has 1 saturated heterocycles. The van der Waals surface area contributed by atoms with Gasteiger partial charge in [-0.1, -0.05) is 11.6 Å². The number of aromatic nitrogens is 1. The maximum atomic E-state index is 12.5. The van der Waals surface area contributed by atoms with Crippen LogP contribution in [-0.2, 0) is 4.79 Å². The number of piperidine rings is 1. The molecule has 2 heterocycles. The van der Waals surface area contributed by atoms with E-state index in [1.165, 1.54) is 11.0 Å². The second-order valence-electron chi connectivity index (χ2n) is 4.66. The summed E-state index contributed by atoms with van der Waals surface area (Å²) >= 11 is 5.87. The number of carboxylic acid groups (broad SMARTS) is 1. The van der Waals surface area contributed by atoms with Crippen molar-refractivity contribution in [1.29, 1.82) is 0 Å². The van der Waals surface area contributed by atoms with Gasteiger partial charge in [0.1, 0.15) is 17.0 Å². The topological polar surface area (TPSA) is 82.5 Å². The van der Waals surface area contributed by atoms with Gasteiger partial charge in [-0.3, -0.25) is 4.79 Å². The number of aliphatic carboxylic acids is 1. The molecule has 2 rings (SSSR count). The highest BCUT2D eigenvalue weighted by Gasteiger charge is 2.32. The Labute approximate surface area is 121 Å². The van der Waals surface area contributed by atoms with Crippen LogP contribution in [0.3, 0.4) is 0 Å². The first-order valence-corrected chi connectivity index (χ1v) is 6.80. The van der Waals surface area contributed by atoms with Crippen LogP contribution in [0.25, 0.3) is 0 Å². The zero-order valence-corrected chi connectivity index (χ0v) is 11.9. The maximum absolute atomic E-state index is 12.5. The molecule has 0 aromatic carbocycles. The van der Waals surface area contributed by atoms with Gasteiger partial charge in [0, 0.05) is 19.2 Å². The van der Waals surface area contributed by atoms with Gasteiger partial charge in [-0.15, -0.1) is 0 Å². The number of nitrogens with zero attached hydrogens (tertiary/aromatic N) is 2.